The molecule has 0 aliphatic rings. The molecule has 0 aromatic heterocycles. The number of aliphatic hydroxyl groups is 1. The van der Waals surface area contributed by atoms with Crippen molar-refractivity contribution in [2.75, 3.05) is 0 Å². The Morgan fingerprint density at radius 3 is 2.53 bits per heavy atom. The zero-order valence-corrected chi connectivity index (χ0v) is 12.4. The Morgan fingerprint density at radius 2 is 2.06 bits per heavy atom. The van der Waals surface area contributed by atoms with Crippen LogP contribution < -0.4 is 9.84 Å². The molecule has 0 unspecified atom stereocenters. The molecule has 0 aliphatic carbocycles. The first-order chi connectivity index (χ1) is 7.77. The van der Waals surface area contributed by atoms with Crippen LogP contribution in [-0.4, -0.2) is 17.2 Å². The molecule has 0 aliphatic heterocycles. The van der Waals surface area contributed by atoms with Crippen molar-refractivity contribution in [3.8, 4) is 5.75 Å². The lowest BCUT2D eigenvalue weighted by molar-refractivity contribution is -0.350. The lowest BCUT2D eigenvalue weighted by atomic mass is 10.2. The number of aliphatic carboxylic acids is 1. The average Bonchev–Trinajstić information content (AvgIpc) is 2.21. The van der Waals surface area contributed by atoms with Crippen LogP contribution in [-0.2, 0) is 11.4 Å². The number of benzene rings is 1. The summed E-state index contributed by atoms with van der Waals surface area (Å²) in [6.07, 6.45) is -4.43. The van der Waals surface area contributed by atoms with E-state index in [1.807, 2.05) is 22.6 Å². The molecule has 1 aromatic carbocycles. The van der Waals surface area contributed by atoms with E-state index in [9.17, 15) is 18.7 Å². The lowest BCUT2D eigenvalue weighted by Crippen LogP contribution is -2.46. The number of alkyl halides is 2. The van der Waals surface area contributed by atoms with Gasteiger partial charge in [-0.15, -0.1) is 0 Å². The van der Waals surface area contributed by atoms with E-state index in [2.05, 4.69) is 4.74 Å². The first kappa shape index (κ1) is 14.8. The van der Waals surface area contributed by atoms with Crippen LogP contribution >= 0.6 is 45.2 Å². The highest BCUT2D eigenvalue weighted by Gasteiger charge is 2.35. The number of hydrogen-bond donors (Lipinski definition) is 1. The van der Waals surface area contributed by atoms with Gasteiger partial charge in [0.1, 0.15) is 5.75 Å². The van der Waals surface area contributed by atoms with E-state index in [0.717, 1.165) is 0 Å². The molecule has 94 valence electrons. The van der Waals surface area contributed by atoms with Gasteiger partial charge in [-0.3, -0.25) is 0 Å². The molecule has 1 rings (SSSR count). The number of aliphatic hydroxyl groups excluding tert-OH is 1. The summed E-state index contributed by atoms with van der Waals surface area (Å²) >= 11 is 3.64. The minimum absolute atomic E-state index is 0.0854. The third-order valence-electron chi connectivity index (χ3n) is 1.72. The summed E-state index contributed by atoms with van der Waals surface area (Å²) in [5.41, 5.74) is 0.0854. The SMILES string of the molecule is O=C([O-])C(F)(F)Oc1c(I)cc(I)cc1CO. The van der Waals surface area contributed by atoms with Gasteiger partial charge in [-0.05, 0) is 57.3 Å². The van der Waals surface area contributed by atoms with Crippen LogP contribution in [0.5, 0.6) is 5.75 Å². The Labute approximate surface area is 122 Å². The molecule has 1 aromatic rings. The predicted molar refractivity (Wildman–Crippen MR) is 68.4 cm³/mol. The molecule has 0 radical (unpaired) electrons. The highest BCUT2D eigenvalue weighted by molar-refractivity contribution is 14.1. The van der Waals surface area contributed by atoms with Crippen molar-refractivity contribution in [3.63, 3.8) is 0 Å². The van der Waals surface area contributed by atoms with Crippen molar-refractivity contribution in [1.29, 1.82) is 0 Å². The number of carboxylic acids is 1. The molecule has 0 spiro atoms. The molecule has 0 amide bonds. The number of hydrogen-bond acceptors (Lipinski definition) is 4. The molecule has 0 fully saturated rings. The fraction of sp³-hybridized carbons (Fsp3) is 0.222. The molecule has 4 nitrogen and oxygen atoms in total. The molecule has 0 heterocycles. The predicted octanol–water partition coefficient (Wildman–Crippen LogP) is 1.11. The Morgan fingerprint density at radius 1 is 1.47 bits per heavy atom. The Hall–Kier alpha value is -0.230. The first-order valence-corrected chi connectivity index (χ1v) is 6.30. The maximum Gasteiger partial charge on any atom is 0.441 e. The van der Waals surface area contributed by atoms with Crippen molar-refractivity contribution in [3.05, 3.63) is 24.8 Å². The summed E-state index contributed by atoms with van der Waals surface area (Å²) in [5, 5.41) is 19.2. The van der Waals surface area contributed by atoms with E-state index < -0.39 is 18.7 Å². The highest BCUT2D eigenvalue weighted by Crippen LogP contribution is 2.32. The molecular weight excluding hydrogens is 464 g/mol. The van der Waals surface area contributed by atoms with Crippen LogP contribution in [0.3, 0.4) is 0 Å². The number of halogens is 4. The van der Waals surface area contributed by atoms with Gasteiger partial charge in [-0.1, -0.05) is 0 Å². The van der Waals surface area contributed by atoms with E-state index in [1.54, 1.807) is 22.6 Å². The third kappa shape index (κ3) is 3.61. The number of carbonyl (C=O) groups is 1. The fourth-order valence-electron chi connectivity index (χ4n) is 1.02. The molecule has 8 heteroatoms. The van der Waals surface area contributed by atoms with Gasteiger partial charge in [-0.25, -0.2) is 0 Å². The van der Waals surface area contributed by atoms with Gasteiger partial charge in [0.05, 0.1) is 10.2 Å². The van der Waals surface area contributed by atoms with E-state index in [-0.39, 0.29) is 14.9 Å². The number of carbonyl (C=O) groups excluding carboxylic acids is 1. The van der Waals surface area contributed by atoms with Gasteiger partial charge < -0.3 is 19.7 Å². The summed E-state index contributed by atoms with van der Waals surface area (Å²) < 4.78 is 30.8. The van der Waals surface area contributed by atoms with Crippen LogP contribution in [0.2, 0.25) is 0 Å². The summed E-state index contributed by atoms with van der Waals surface area (Å²) in [6.45, 7) is -0.536. The maximum absolute atomic E-state index is 12.9. The standard InChI is InChI=1S/C9H6F2I2O4/c10-9(11,8(15)16)17-7-4(3-14)1-5(12)2-6(7)13/h1-2,14H,3H2,(H,15,16)/p-1. The second-order valence-electron chi connectivity index (χ2n) is 2.94. The summed E-state index contributed by atoms with van der Waals surface area (Å²) in [5.74, 6) is -2.99. The Balaban J connectivity index is 3.18. The normalized spacial score (nSPS) is 11.4. The number of carboxylic acid groups (broad SMARTS) is 1. The van der Waals surface area contributed by atoms with Crippen LogP contribution in [0, 0.1) is 7.14 Å². The van der Waals surface area contributed by atoms with Gasteiger partial charge in [0, 0.05) is 9.13 Å². The van der Waals surface area contributed by atoms with E-state index in [4.69, 9.17) is 5.11 Å². The second kappa shape index (κ2) is 5.61. The summed E-state index contributed by atoms with van der Waals surface area (Å²) in [6, 6.07) is 2.93. The van der Waals surface area contributed by atoms with Crippen molar-refractivity contribution < 1.29 is 28.5 Å². The zero-order valence-electron chi connectivity index (χ0n) is 8.05. The average molecular weight is 469 g/mol. The molecule has 0 saturated carbocycles. The van der Waals surface area contributed by atoms with Crippen LogP contribution in [0.25, 0.3) is 0 Å². The minimum Gasteiger partial charge on any atom is -0.541 e. The van der Waals surface area contributed by atoms with Crippen molar-refractivity contribution in [2.45, 2.75) is 12.7 Å². The van der Waals surface area contributed by atoms with Gasteiger partial charge in [0.2, 0.25) is 0 Å². The second-order valence-corrected chi connectivity index (χ2v) is 5.35. The number of rotatable bonds is 4. The molecular formula is C9H5F2I2O4-. The third-order valence-corrected chi connectivity index (χ3v) is 3.15. The van der Waals surface area contributed by atoms with Crippen LogP contribution in [0.4, 0.5) is 8.78 Å². The molecule has 17 heavy (non-hydrogen) atoms. The van der Waals surface area contributed by atoms with Gasteiger partial charge in [0.25, 0.3) is 0 Å². The minimum atomic E-state index is -4.43. The van der Waals surface area contributed by atoms with E-state index in [0.29, 0.717) is 3.57 Å². The van der Waals surface area contributed by atoms with Gasteiger partial charge >= 0.3 is 6.11 Å². The molecule has 0 bridgehead atoms. The summed E-state index contributed by atoms with van der Waals surface area (Å²) in [7, 11) is 0. The summed E-state index contributed by atoms with van der Waals surface area (Å²) in [4.78, 5) is 10.2. The van der Waals surface area contributed by atoms with Crippen LogP contribution in [0.1, 0.15) is 5.56 Å². The van der Waals surface area contributed by atoms with Crippen molar-refractivity contribution in [2.24, 2.45) is 0 Å². The highest BCUT2D eigenvalue weighted by atomic mass is 127. The fourth-order valence-corrected chi connectivity index (χ4v) is 3.09. The van der Waals surface area contributed by atoms with Crippen LogP contribution in [0.15, 0.2) is 12.1 Å². The molecule has 0 atom stereocenters. The monoisotopic (exact) mass is 469 g/mol. The largest absolute Gasteiger partial charge is 0.541 e. The first-order valence-electron chi connectivity index (χ1n) is 4.15. The maximum atomic E-state index is 12.9. The van der Waals surface area contributed by atoms with Crippen molar-refractivity contribution >= 4 is 51.2 Å². The molecule has 1 N–H and O–H groups in total. The topological polar surface area (TPSA) is 69.6 Å². The van der Waals surface area contributed by atoms with Gasteiger partial charge in [0.15, 0.2) is 5.97 Å². The number of ether oxygens (including phenoxy) is 1. The van der Waals surface area contributed by atoms with Crippen molar-refractivity contribution in [1.82, 2.24) is 0 Å². The van der Waals surface area contributed by atoms with E-state index in [1.165, 1.54) is 12.1 Å². The smallest absolute Gasteiger partial charge is 0.441 e. The quantitative estimate of drug-likeness (QED) is 0.672. The van der Waals surface area contributed by atoms with Gasteiger partial charge in [-0.2, -0.15) is 8.78 Å². The zero-order chi connectivity index (χ0) is 13.2. The Bertz CT molecular complexity index is 451. The van der Waals surface area contributed by atoms with E-state index >= 15 is 0 Å². The molecule has 0 saturated heterocycles. The Kier molecular flexibility index (Phi) is 4.89. The lowest BCUT2D eigenvalue weighted by Gasteiger charge is -2.21.